The first kappa shape index (κ1) is 13.8. The molecule has 0 fully saturated rings. The summed E-state index contributed by atoms with van der Waals surface area (Å²) in [7, 11) is 1.68. The number of methoxy groups -OCH3 is 1. The molecule has 1 unspecified atom stereocenters. The van der Waals surface area contributed by atoms with E-state index in [1.165, 1.54) is 11.3 Å². The maximum Gasteiger partial charge on any atom is 0.304 e. The number of para-hydroxylation sites is 1. The van der Waals surface area contributed by atoms with Crippen LogP contribution in [0.2, 0.25) is 0 Å². The molecule has 0 bridgehead atoms. The van der Waals surface area contributed by atoms with Gasteiger partial charge in [0.25, 0.3) is 0 Å². The summed E-state index contributed by atoms with van der Waals surface area (Å²) in [6.07, 6.45) is 0.953. The Kier molecular flexibility index (Phi) is 4.76. The summed E-state index contributed by atoms with van der Waals surface area (Å²) in [5.41, 5.74) is 2.06. The predicted molar refractivity (Wildman–Crippen MR) is 77.8 cm³/mol. The number of benzene rings is 1. The molecule has 19 heavy (non-hydrogen) atoms. The van der Waals surface area contributed by atoms with Gasteiger partial charge in [-0.1, -0.05) is 36.5 Å². The second-order valence-electron chi connectivity index (χ2n) is 4.26. The number of hydrogen-bond acceptors (Lipinski definition) is 4. The van der Waals surface area contributed by atoms with Gasteiger partial charge in [-0.2, -0.15) is 0 Å². The molecule has 0 aliphatic carbocycles. The van der Waals surface area contributed by atoms with Gasteiger partial charge in [-0.05, 0) is 12.5 Å². The third-order valence-electron chi connectivity index (χ3n) is 3.03. The quantitative estimate of drug-likeness (QED) is 0.854. The van der Waals surface area contributed by atoms with E-state index < -0.39 is 0 Å². The molecule has 0 saturated heterocycles. The van der Waals surface area contributed by atoms with Crippen LogP contribution >= 0.6 is 11.3 Å². The van der Waals surface area contributed by atoms with Crippen molar-refractivity contribution in [2.75, 3.05) is 7.11 Å². The highest BCUT2D eigenvalue weighted by molar-refractivity contribution is 7.07. The Hall–Kier alpha value is -1.59. The van der Waals surface area contributed by atoms with Gasteiger partial charge in [0.05, 0.1) is 7.11 Å². The molecule has 2 N–H and O–H groups in total. The first-order valence-electron chi connectivity index (χ1n) is 6.27. The summed E-state index contributed by atoms with van der Waals surface area (Å²) < 4.78 is 5.39. The van der Waals surface area contributed by atoms with Gasteiger partial charge in [-0.25, -0.2) is 0 Å². The average Bonchev–Trinajstić information content (AvgIpc) is 2.86. The minimum Gasteiger partial charge on any atom is -0.496 e. The van der Waals surface area contributed by atoms with Gasteiger partial charge in [0.1, 0.15) is 5.75 Å². The zero-order chi connectivity index (χ0) is 13.7. The number of hydrogen-bond donors (Lipinski definition) is 2. The van der Waals surface area contributed by atoms with E-state index in [9.17, 15) is 4.79 Å². The largest absolute Gasteiger partial charge is 0.496 e. The average molecular weight is 278 g/mol. The zero-order valence-corrected chi connectivity index (χ0v) is 11.9. The van der Waals surface area contributed by atoms with E-state index in [4.69, 9.17) is 4.74 Å². The summed E-state index contributed by atoms with van der Waals surface area (Å²) in [5.74, 6) is 0.890. The van der Waals surface area contributed by atoms with Crippen LogP contribution in [0.4, 0.5) is 0 Å². The normalized spacial score (nSPS) is 12.3. The molecule has 2 rings (SSSR count). The number of thiazole rings is 1. The number of aromatic amines is 1. The van der Waals surface area contributed by atoms with Crippen LogP contribution < -0.4 is 14.9 Å². The van der Waals surface area contributed by atoms with E-state index in [0.717, 1.165) is 23.4 Å². The Labute approximate surface area is 116 Å². The molecule has 0 saturated carbocycles. The van der Waals surface area contributed by atoms with Crippen molar-refractivity contribution < 1.29 is 4.74 Å². The summed E-state index contributed by atoms with van der Waals surface area (Å²) in [4.78, 5) is 13.9. The molecule has 1 heterocycles. The molecule has 1 aromatic carbocycles. The summed E-state index contributed by atoms with van der Waals surface area (Å²) in [6, 6.07) is 8.21. The number of aromatic nitrogens is 1. The van der Waals surface area contributed by atoms with Crippen molar-refractivity contribution in [3.8, 4) is 5.75 Å². The first-order valence-corrected chi connectivity index (χ1v) is 7.15. The SMILES string of the molecule is CCC(NCc1csc(=O)[nH]1)c1ccccc1OC. The lowest BCUT2D eigenvalue weighted by molar-refractivity contribution is 0.396. The monoisotopic (exact) mass is 278 g/mol. The fourth-order valence-electron chi connectivity index (χ4n) is 2.06. The van der Waals surface area contributed by atoms with Crippen molar-refractivity contribution in [2.24, 2.45) is 0 Å². The van der Waals surface area contributed by atoms with Crippen molar-refractivity contribution >= 4 is 11.3 Å². The Morgan fingerprint density at radius 1 is 1.42 bits per heavy atom. The van der Waals surface area contributed by atoms with Crippen LogP contribution in [0.15, 0.2) is 34.4 Å². The molecule has 0 aliphatic rings. The van der Waals surface area contributed by atoms with Gasteiger partial charge in [-0.3, -0.25) is 4.79 Å². The molecule has 4 nitrogen and oxygen atoms in total. The van der Waals surface area contributed by atoms with Gasteiger partial charge in [0, 0.05) is 29.2 Å². The molecule has 0 spiro atoms. The molecular weight excluding hydrogens is 260 g/mol. The van der Waals surface area contributed by atoms with E-state index in [1.807, 2.05) is 23.6 Å². The van der Waals surface area contributed by atoms with Crippen LogP contribution in [0.1, 0.15) is 30.6 Å². The van der Waals surface area contributed by atoms with E-state index in [0.29, 0.717) is 6.54 Å². The molecule has 5 heteroatoms. The highest BCUT2D eigenvalue weighted by Gasteiger charge is 2.13. The lowest BCUT2D eigenvalue weighted by atomic mass is 10.0. The number of H-pyrrole nitrogens is 1. The number of nitrogens with one attached hydrogen (secondary N) is 2. The lowest BCUT2D eigenvalue weighted by Gasteiger charge is -2.19. The van der Waals surface area contributed by atoms with Gasteiger partial charge >= 0.3 is 4.87 Å². The Bertz CT molecular complexity index is 577. The van der Waals surface area contributed by atoms with E-state index in [-0.39, 0.29) is 10.9 Å². The van der Waals surface area contributed by atoms with Crippen molar-refractivity contribution in [1.29, 1.82) is 0 Å². The molecular formula is C14H18N2O2S. The highest BCUT2D eigenvalue weighted by atomic mass is 32.1. The maximum absolute atomic E-state index is 11.1. The van der Waals surface area contributed by atoms with E-state index in [1.54, 1.807) is 7.11 Å². The third-order valence-corrected chi connectivity index (χ3v) is 3.75. The second kappa shape index (κ2) is 6.54. The molecule has 0 radical (unpaired) electrons. The zero-order valence-electron chi connectivity index (χ0n) is 11.1. The fraction of sp³-hybridized carbons (Fsp3) is 0.357. The van der Waals surface area contributed by atoms with Crippen LogP contribution in [-0.4, -0.2) is 12.1 Å². The Morgan fingerprint density at radius 2 is 2.21 bits per heavy atom. The molecule has 1 atom stereocenters. The maximum atomic E-state index is 11.1. The summed E-state index contributed by atoms with van der Waals surface area (Å²) in [5, 5.41) is 5.30. The van der Waals surface area contributed by atoms with E-state index >= 15 is 0 Å². The van der Waals surface area contributed by atoms with Gasteiger partial charge in [-0.15, -0.1) is 0 Å². The van der Waals surface area contributed by atoms with Gasteiger partial charge < -0.3 is 15.0 Å². The summed E-state index contributed by atoms with van der Waals surface area (Å²) >= 11 is 1.19. The molecule has 1 aromatic heterocycles. The van der Waals surface area contributed by atoms with E-state index in [2.05, 4.69) is 23.3 Å². The molecule has 2 aromatic rings. The van der Waals surface area contributed by atoms with Crippen LogP contribution in [0.25, 0.3) is 0 Å². The summed E-state index contributed by atoms with van der Waals surface area (Å²) in [6.45, 7) is 2.77. The topological polar surface area (TPSA) is 54.1 Å². The Morgan fingerprint density at radius 3 is 2.84 bits per heavy atom. The number of ether oxygens (including phenoxy) is 1. The third kappa shape index (κ3) is 3.45. The van der Waals surface area contributed by atoms with Gasteiger partial charge in [0.15, 0.2) is 0 Å². The van der Waals surface area contributed by atoms with Crippen LogP contribution in [0.3, 0.4) is 0 Å². The van der Waals surface area contributed by atoms with Crippen molar-refractivity contribution in [1.82, 2.24) is 10.3 Å². The molecule has 102 valence electrons. The van der Waals surface area contributed by atoms with Crippen molar-refractivity contribution in [3.05, 3.63) is 50.6 Å². The van der Waals surface area contributed by atoms with Crippen molar-refractivity contribution in [3.63, 3.8) is 0 Å². The van der Waals surface area contributed by atoms with Gasteiger partial charge in [0.2, 0.25) is 0 Å². The Balaban J connectivity index is 2.09. The second-order valence-corrected chi connectivity index (χ2v) is 5.10. The minimum atomic E-state index is -0.0119. The van der Waals surface area contributed by atoms with Crippen LogP contribution in [0.5, 0.6) is 5.75 Å². The smallest absolute Gasteiger partial charge is 0.304 e. The molecule has 0 aliphatic heterocycles. The number of rotatable bonds is 6. The molecule has 0 amide bonds. The predicted octanol–water partition coefficient (Wildman–Crippen LogP) is 2.69. The van der Waals surface area contributed by atoms with Crippen molar-refractivity contribution in [2.45, 2.75) is 25.9 Å². The highest BCUT2D eigenvalue weighted by Crippen LogP contribution is 2.26. The first-order chi connectivity index (χ1) is 9.24. The lowest BCUT2D eigenvalue weighted by Crippen LogP contribution is -2.21. The standard InChI is InChI=1S/C14H18N2O2S/c1-3-12(11-6-4-5-7-13(11)18-2)15-8-10-9-19-14(17)16-10/h4-7,9,12,15H,3,8H2,1-2H3,(H,16,17). The minimum absolute atomic E-state index is 0.0119. The van der Waals surface area contributed by atoms with Crippen LogP contribution in [-0.2, 0) is 6.54 Å². The fourth-order valence-corrected chi connectivity index (χ4v) is 2.64. The van der Waals surface area contributed by atoms with Crippen LogP contribution in [0, 0.1) is 0 Å².